The van der Waals surface area contributed by atoms with Gasteiger partial charge in [0.1, 0.15) is 11.4 Å². The number of methoxy groups -OCH3 is 1. The van der Waals surface area contributed by atoms with Crippen LogP contribution in [0.2, 0.25) is 0 Å². The molecule has 1 aliphatic carbocycles. The van der Waals surface area contributed by atoms with E-state index in [0.29, 0.717) is 25.3 Å². The quantitative estimate of drug-likeness (QED) is 0.641. The summed E-state index contributed by atoms with van der Waals surface area (Å²) in [5, 5.41) is 11.4. The molecule has 33 heavy (non-hydrogen) atoms. The molecule has 2 amide bonds. The third-order valence-electron chi connectivity index (χ3n) is 7.29. The van der Waals surface area contributed by atoms with E-state index in [0.717, 1.165) is 40.8 Å². The van der Waals surface area contributed by atoms with Crippen molar-refractivity contribution in [2.24, 2.45) is 5.92 Å². The van der Waals surface area contributed by atoms with Crippen LogP contribution < -0.4 is 4.74 Å². The monoisotopic (exact) mass is 446 g/mol. The second kappa shape index (κ2) is 7.31. The van der Waals surface area contributed by atoms with Crippen LogP contribution in [-0.4, -0.2) is 70.0 Å². The summed E-state index contributed by atoms with van der Waals surface area (Å²) < 4.78 is 5.40. The average molecular weight is 447 g/mol. The number of nitrogens with zero attached hydrogens (tertiary/aromatic N) is 3. The number of carbonyl (C=O) groups is 2. The summed E-state index contributed by atoms with van der Waals surface area (Å²) in [5.41, 5.74) is 2.79. The molecule has 0 radical (unpaired) electrons. The molecule has 2 N–H and O–H groups in total. The summed E-state index contributed by atoms with van der Waals surface area (Å²) in [6.07, 6.45) is 3.54. The second-order valence-electron chi connectivity index (χ2n) is 9.42. The summed E-state index contributed by atoms with van der Waals surface area (Å²) >= 11 is 0. The number of benzene rings is 1. The van der Waals surface area contributed by atoms with Crippen LogP contribution in [-0.2, 0) is 10.2 Å². The number of pyridine rings is 1. The fourth-order valence-electron chi connectivity index (χ4n) is 5.54. The molecule has 1 saturated carbocycles. The van der Waals surface area contributed by atoms with Crippen molar-refractivity contribution in [2.45, 2.75) is 24.3 Å². The molecule has 1 spiro atoms. The Morgan fingerprint density at radius 1 is 1.21 bits per heavy atom. The van der Waals surface area contributed by atoms with E-state index in [2.05, 4.69) is 9.97 Å². The molecule has 0 bridgehead atoms. The Morgan fingerprint density at radius 2 is 2.03 bits per heavy atom. The SMILES string of the molecule is COc1ccc2c3c([nH]c2c1)[C@H](CO)N(C(=O)c1ccccn1)CC31CN(C(=O)C2CC2)C1. The number of carbonyl (C=O) groups excluding carboxylic acids is 2. The van der Waals surface area contributed by atoms with Gasteiger partial charge >= 0.3 is 0 Å². The summed E-state index contributed by atoms with van der Waals surface area (Å²) in [5.74, 6) is 0.892. The summed E-state index contributed by atoms with van der Waals surface area (Å²) in [6.45, 7) is 1.35. The number of amides is 2. The highest BCUT2D eigenvalue weighted by molar-refractivity contribution is 5.95. The van der Waals surface area contributed by atoms with Gasteiger partial charge in [-0.2, -0.15) is 0 Å². The van der Waals surface area contributed by atoms with E-state index < -0.39 is 6.04 Å². The molecule has 0 unspecified atom stereocenters. The maximum Gasteiger partial charge on any atom is 0.273 e. The van der Waals surface area contributed by atoms with Crippen LogP contribution in [0.25, 0.3) is 10.9 Å². The van der Waals surface area contributed by atoms with Gasteiger partial charge in [0.05, 0.1) is 25.2 Å². The minimum Gasteiger partial charge on any atom is -0.497 e. The molecule has 2 aromatic heterocycles. The number of fused-ring (bicyclic) bond motifs is 4. The van der Waals surface area contributed by atoms with Crippen molar-refractivity contribution in [1.29, 1.82) is 0 Å². The summed E-state index contributed by atoms with van der Waals surface area (Å²) in [7, 11) is 1.63. The Hall–Kier alpha value is -3.39. The number of nitrogens with one attached hydrogen (secondary N) is 1. The molecule has 2 fully saturated rings. The number of H-pyrrole nitrogens is 1. The first-order valence-corrected chi connectivity index (χ1v) is 11.4. The topological polar surface area (TPSA) is 98.8 Å². The van der Waals surface area contributed by atoms with Crippen molar-refractivity contribution in [3.63, 3.8) is 0 Å². The zero-order valence-electron chi connectivity index (χ0n) is 18.5. The first-order chi connectivity index (χ1) is 16.0. The van der Waals surface area contributed by atoms with E-state index in [4.69, 9.17) is 4.74 Å². The van der Waals surface area contributed by atoms with Gasteiger partial charge in [0, 0.05) is 54.4 Å². The van der Waals surface area contributed by atoms with Gasteiger partial charge in [-0.25, -0.2) is 0 Å². The normalized spacial score (nSPS) is 21.1. The predicted octanol–water partition coefficient (Wildman–Crippen LogP) is 2.25. The number of hydrogen-bond acceptors (Lipinski definition) is 5. The lowest BCUT2D eigenvalue weighted by molar-refractivity contribution is -0.141. The Morgan fingerprint density at radius 3 is 2.70 bits per heavy atom. The fourth-order valence-corrected chi connectivity index (χ4v) is 5.54. The Balaban J connectivity index is 1.46. The van der Waals surface area contributed by atoms with E-state index >= 15 is 0 Å². The van der Waals surface area contributed by atoms with E-state index in [9.17, 15) is 14.7 Å². The number of ether oxygens (including phenoxy) is 1. The summed E-state index contributed by atoms with van der Waals surface area (Å²) in [6, 6.07) is 10.6. The van der Waals surface area contributed by atoms with Gasteiger partial charge in [-0.1, -0.05) is 6.07 Å². The largest absolute Gasteiger partial charge is 0.497 e. The van der Waals surface area contributed by atoms with E-state index in [-0.39, 0.29) is 29.8 Å². The maximum absolute atomic E-state index is 13.5. The van der Waals surface area contributed by atoms with Gasteiger partial charge in [-0.3, -0.25) is 14.6 Å². The molecule has 2 aliphatic heterocycles. The number of aliphatic hydroxyl groups is 1. The smallest absolute Gasteiger partial charge is 0.273 e. The second-order valence-corrected chi connectivity index (χ2v) is 9.42. The minimum atomic E-state index is -0.522. The summed E-state index contributed by atoms with van der Waals surface area (Å²) in [4.78, 5) is 37.6. The standard InChI is InChI=1S/C25H26N4O4/c1-33-16-7-8-17-19(10-16)27-22-20(11-30)29(24(32)18-4-2-3-9-26-18)14-25(21(17)22)12-28(13-25)23(31)15-5-6-15/h2-4,7-10,15,20,27,30H,5-6,11-14H2,1H3/t20-/m0/s1. The highest BCUT2D eigenvalue weighted by atomic mass is 16.5. The number of hydrogen-bond donors (Lipinski definition) is 2. The molecule has 8 heteroatoms. The first-order valence-electron chi connectivity index (χ1n) is 11.4. The van der Waals surface area contributed by atoms with Crippen molar-refractivity contribution in [2.75, 3.05) is 33.4 Å². The molecule has 8 nitrogen and oxygen atoms in total. The predicted molar refractivity (Wildman–Crippen MR) is 121 cm³/mol. The van der Waals surface area contributed by atoms with Gasteiger partial charge in [-0.15, -0.1) is 0 Å². The van der Waals surface area contributed by atoms with Crippen molar-refractivity contribution in [3.05, 3.63) is 59.5 Å². The average Bonchev–Trinajstić information content (AvgIpc) is 3.61. The molecular formula is C25H26N4O4. The molecule has 6 rings (SSSR count). The van der Waals surface area contributed by atoms with Crippen molar-refractivity contribution in [1.82, 2.24) is 19.8 Å². The third-order valence-corrected chi connectivity index (χ3v) is 7.29. The molecule has 4 heterocycles. The Kier molecular flexibility index (Phi) is 4.48. The van der Waals surface area contributed by atoms with Crippen LogP contribution in [0.15, 0.2) is 42.6 Å². The van der Waals surface area contributed by atoms with E-state index in [1.807, 2.05) is 23.1 Å². The molecule has 3 aliphatic rings. The first kappa shape index (κ1) is 20.2. The minimum absolute atomic E-state index is 0.161. The van der Waals surface area contributed by atoms with Crippen LogP contribution in [0.1, 0.15) is 40.6 Å². The van der Waals surface area contributed by atoms with E-state index in [1.165, 1.54) is 0 Å². The van der Waals surface area contributed by atoms with Crippen molar-refractivity contribution < 1.29 is 19.4 Å². The zero-order chi connectivity index (χ0) is 22.7. The van der Waals surface area contributed by atoms with E-state index in [1.54, 1.807) is 36.4 Å². The van der Waals surface area contributed by atoms with Gasteiger partial charge in [-0.05, 0) is 42.7 Å². The Bertz CT molecular complexity index is 1240. The van der Waals surface area contributed by atoms with Crippen molar-refractivity contribution in [3.8, 4) is 5.75 Å². The highest BCUT2D eigenvalue weighted by Crippen LogP contribution is 2.49. The molecule has 1 atom stereocenters. The van der Waals surface area contributed by atoms with Gasteiger partial charge in [0.2, 0.25) is 5.91 Å². The lowest BCUT2D eigenvalue weighted by atomic mass is 9.68. The zero-order valence-corrected chi connectivity index (χ0v) is 18.5. The number of aliphatic hydroxyl groups excluding tert-OH is 1. The van der Waals surface area contributed by atoms with Gasteiger partial charge in [0.15, 0.2) is 0 Å². The molecule has 170 valence electrons. The van der Waals surface area contributed by atoms with Crippen LogP contribution in [0.3, 0.4) is 0 Å². The third kappa shape index (κ3) is 3.04. The molecular weight excluding hydrogens is 420 g/mol. The molecule has 1 saturated heterocycles. The van der Waals surface area contributed by atoms with Gasteiger partial charge < -0.3 is 24.6 Å². The van der Waals surface area contributed by atoms with Crippen LogP contribution in [0.5, 0.6) is 5.75 Å². The van der Waals surface area contributed by atoms with Crippen LogP contribution in [0, 0.1) is 5.92 Å². The Labute approximate surface area is 191 Å². The number of likely N-dealkylation sites (tertiary alicyclic amines) is 1. The lowest BCUT2D eigenvalue weighted by Gasteiger charge is -2.56. The fraction of sp³-hybridized carbons (Fsp3) is 0.400. The molecule has 3 aromatic rings. The highest BCUT2D eigenvalue weighted by Gasteiger charge is 2.56. The molecule has 1 aromatic carbocycles. The van der Waals surface area contributed by atoms with Crippen LogP contribution >= 0.6 is 0 Å². The van der Waals surface area contributed by atoms with Gasteiger partial charge in [0.25, 0.3) is 5.91 Å². The van der Waals surface area contributed by atoms with Crippen LogP contribution in [0.4, 0.5) is 0 Å². The number of aromatic nitrogens is 2. The van der Waals surface area contributed by atoms with Crippen molar-refractivity contribution >= 4 is 22.7 Å². The number of rotatable bonds is 4. The lowest BCUT2D eigenvalue weighted by Crippen LogP contribution is -2.68. The number of aromatic amines is 1. The maximum atomic E-state index is 13.5.